The highest BCUT2D eigenvalue weighted by atomic mass is 16.2. The maximum absolute atomic E-state index is 12.5. The van der Waals surface area contributed by atoms with Crippen LogP contribution in [-0.2, 0) is 4.79 Å². The molecule has 17 heavy (non-hydrogen) atoms. The van der Waals surface area contributed by atoms with E-state index in [1.165, 1.54) is 19.3 Å². The molecule has 1 atom stereocenters. The lowest BCUT2D eigenvalue weighted by molar-refractivity contribution is -0.136. The van der Waals surface area contributed by atoms with Crippen molar-refractivity contribution >= 4 is 5.91 Å². The van der Waals surface area contributed by atoms with Crippen LogP contribution in [0.5, 0.6) is 0 Å². The van der Waals surface area contributed by atoms with Crippen molar-refractivity contribution in [1.82, 2.24) is 4.90 Å². The lowest BCUT2D eigenvalue weighted by atomic mass is 9.60. The summed E-state index contributed by atoms with van der Waals surface area (Å²) in [6.07, 6.45) is 6.32. The molecule has 0 N–H and O–H groups in total. The average Bonchev–Trinajstić information content (AvgIpc) is 2.83. The van der Waals surface area contributed by atoms with E-state index in [1.54, 1.807) is 0 Å². The van der Waals surface area contributed by atoms with Gasteiger partial charge in [0.05, 0.1) is 0 Å². The molecule has 3 rings (SSSR count). The third-order valence-electron chi connectivity index (χ3n) is 5.67. The van der Waals surface area contributed by atoms with E-state index in [4.69, 9.17) is 0 Å². The van der Waals surface area contributed by atoms with Gasteiger partial charge in [0.2, 0.25) is 5.91 Å². The number of hydrogen-bond donors (Lipinski definition) is 0. The largest absolute Gasteiger partial charge is 0.341 e. The van der Waals surface area contributed by atoms with Crippen LogP contribution >= 0.6 is 0 Å². The summed E-state index contributed by atoms with van der Waals surface area (Å²) in [5, 5.41) is 0. The number of nitrogens with zero attached hydrogens (tertiary/aromatic N) is 1. The Morgan fingerprint density at radius 2 is 1.88 bits per heavy atom. The zero-order chi connectivity index (χ0) is 12.3. The highest BCUT2D eigenvalue weighted by molar-refractivity contribution is 5.85. The Hall–Kier alpha value is -0.530. The first-order valence-corrected chi connectivity index (χ1v) is 7.26. The van der Waals surface area contributed by atoms with Crippen LogP contribution in [0.1, 0.15) is 52.9 Å². The predicted molar refractivity (Wildman–Crippen MR) is 68.5 cm³/mol. The Kier molecular flexibility index (Phi) is 2.37. The minimum atomic E-state index is 0.0246. The summed E-state index contributed by atoms with van der Waals surface area (Å²) in [6, 6.07) is 0. The van der Waals surface area contributed by atoms with E-state index in [9.17, 15) is 4.79 Å². The molecule has 0 aromatic rings. The van der Waals surface area contributed by atoms with E-state index < -0.39 is 0 Å². The zero-order valence-corrected chi connectivity index (χ0v) is 11.5. The van der Waals surface area contributed by atoms with Crippen LogP contribution in [0, 0.1) is 22.7 Å². The minimum absolute atomic E-state index is 0.0246. The van der Waals surface area contributed by atoms with Gasteiger partial charge in [0.15, 0.2) is 0 Å². The van der Waals surface area contributed by atoms with Crippen LogP contribution in [0.3, 0.4) is 0 Å². The second-order valence-corrected chi connectivity index (χ2v) is 7.31. The molecule has 2 aliphatic carbocycles. The molecule has 0 aromatic heterocycles. The highest BCUT2D eigenvalue weighted by Crippen LogP contribution is 2.56. The third kappa shape index (κ3) is 1.63. The molecular weight excluding hydrogens is 210 g/mol. The summed E-state index contributed by atoms with van der Waals surface area (Å²) >= 11 is 0. The minimum Gasteiger partial charge on any atom is -0.341 e. The van der Waals surface area contributed by atoms with Gasteiger partial charge in [-0.1, -0.05) is 27.2 Å². The summed E-state index contributed by atoms with van der Waals surface area (Å²) < 4.78 is 0. The summed E-state index contributed by atoms with van der Waals surface area (Å²) in [7, 11) is 0. The number of carbonyl (C=O) groups excluding carboxylic acids is 1. The van der Waals surface area contributed by atoms with Crippen molar-refractivity contribution in [2.75, 3.05) is 13.1 Å². The molecular formula is C15H25NO. The lowest BCUT2D eigenvalue weighted by Crippen LogP contribution is -2.40. The normalized spacial score (nSPS) is 32.9. The summed E-state index contributed by atoms with van der Waals surface area (Å²) in [6.45, 7) is 8.90. The van der Waals surface area contributed by atoms with E-state index in [1.807, 2.05) is 0 Å². The van der Waals surface area contributed by atoms with Crippen LogP contribution in [-0.4, -0.2) is 23.9 Å². The lowest BCUT2D eigenvalue weighted by Gasteiger charge is -2.44. The third-order valence-corrected chi connectivity index (χ3v) is 5.67. The summed E-state index contributed by atoms with van der Waals surface area (Å²) in [5.74, 6) is 1.93. The number of hydrogen-bond acceptors (Lipinski definition) is 1. The Balaban J connectivity index is 1.75. The summed E-state index contributed by atoms with van der Waals surface area (Å²) in [4.78, 5) is 14.7. The Bertz CT molecular complexity index is 339. The van der Waals surface area contributed by atoms with Crippen molar-refractivity contribution in [3.63, 3.8) is 0 Å². The number of rotatable bonds is 2. The molecule has 3 aliphatic rings. The Morgan fingerprint density at radius 3 is 2.24 bits per heavy atom. The molecule has 1 aliphatic heterocycles. The van der Waals surface area contributed by atoms with Gasteiger partial charge in [-0.2, -0.15) is 0 Å². The molecule has 0 bridgehead atoms. The van der Waals surface area contributed by atoms with Crippen LogP contribution in [0.25, 0.3) is 0 Å². The first kappa shape index (κ1) is 11.6. The van der Waals surface area contributed by atoms with Crippen LogP contribution in [0.2, 0.25) is 0 Å². The predicted octanol–water partition coefficient (Wildman–Crippen LogP) is 3.07. The molecule has 0 radical (unpaired) electrons. The average molecular weight is 235 g/mol. The molecule has 0 aromatic carbocycles. The smallest absolute Gasteiger partial charge is 0.228 e. The molecule has 1 spiro atoms. The van der Waals surface area contributed by atoms with Gasteiger partial charge in [-0.3, -0.25) is 4.79 Å². The monoisotopic (exact) mass is 235 g/mol. The summed E-state index contributed by atoms with van der Waals surface area (Å²) in [5.41, 5.74) is 0.534. The SMILES string of the molecule is CC(C)[C@@H]1CN(C(=O)C2(C)CC2)CC12CCC2. The maximum Gasteiger partial charge on any atom is 0.228 e. The van der Waals surface area contributed by atoms with Crippen molar-refractivity contribution in [1.29, 1.82) is 0 Å². The van der Waals surface area contributed by atoms with Gasteiger partial charge in [-0.25, -0.2) is 0 Å². The van der Waals surface area contributed by atoms with Gasteiger partial charge in [0.25, 0.3) is 0 Å². The highest BCUT2D eigenvalue weighted by Gasteiger charge is 2.56. The second kappa shape index (κ2) is 3.49. The molecule has 96 valence electrons. The number of amides is 1. The van der Waals surface area contributed by atoms with Crippen LogP contribution < -0.4 is 0 Å². The number of carbonyl (C=O) groups is 1. The van der Waals surface area contributed by atoms with E-state index in [0.29, 0.717) is 11.3 Å². The van der Waals surface area contributed by atoms with Crippen molar-refractivity contribution < 1.29 is 4.79 Å². The van der Waals surface area contributed by atoms with Crippen LogP contribution in [0.4, 0.5) is 0 Å². The fraction of sp³-hybridized carbons (Fsp3) is 0.933. The van der Waals surface area contributed by atoms with Gasteiger partial charge in [-0.15, -0.1) is 0 Å². The van der Waals surface area contributed by atoms with Crippen molar-refractivity contribution in [2.24, 2.45) is 22.7 Å². The number of likely N-dealkylation sites (tertiary alicyclic amines) is 1. The van der Waals surface area contributed by atoms with Crippen LogP contribution in [0.15, 0.2) is 0 Å². The van der Waals surface area contributed by atoms with E-state index in [-0.39, 0.29) is 5.41 Å². The van der Waals surface area contributed by atoms with Gasteiger partial charge >= 0.3 is 0 Å². The topological polar surface area (TPSA) is 20.3 Å². The molecule has 1 saturated heterocycles. The van der Waals surface area contributed by atoms with Crippen molar-refractivity contribution in [2.45, 2.75) is 52.9 Å². The molecule has 3 fully saturated rings. The molecule has 0 unspecified atom stereocenters. The Morgan fingerprint density at radius 1 is 1.24 bits per heavy atom. The Labute approximate surface area is 105 Å². The standard InChI is InChI=1S/C15H25NO/c1-11(2)12-9-16(10-15(12)5-4-6-15)13(17)14(3)7-8-14/h11-12H,4-10H2,1-3H3/t12-/m0/s1. The fourth-order valence-corrected chi connectivity index (χ4v) is 4.01. The molecule has 2 heteroatoms. The van der Waals surface area contributed by atoms with Crippen molar-refractivity contribution in [3.05, 3.63) is 0 Å². The van der Waals surface area contributed by atoms with E-state index in [0.717, 1.165) is 37.8 Å². The first-order valence-electron chi connectivity index (χ1n) is 7.26. The van der Waals surface area contributed by atoms with Gasteiger partial charge in [0, 0.05) is 18.5 Å². The van der Waals surface area contributed by atoms with Gasteiger partial charge < -0.3 is 4.90 Å². The molecule has 1 amide bonds. The van der Waals surface area contributed by atoms with E-state index >= 15 is 0 Å². The molecule has 1 heterocycles. The first-order chi connectivity index (χ1) is 7.97. The van der Waals surface area contributed by atoms with E-state index in [2.05, 4.69) is 25.7 Å². The second-order valence-electron chi connectivity index (χ2n) is 7.31. The quantitative estimate of drug-likeness (QED) is 0.720. The van der Waals surface area contributed by atoms with Gasteiger partial charge in [0.1, 0.15) is 0 Å². The molecule has 2 saturated carbocycles. The zero-order valence-electron chi connectivity index (χ0n) is 11.5. The van der Waals surface area contributed by atoms with Gasteiger partial charge in [-0.05, 0) is 42.9 Å². The fourth-order valence-electron chi connectivity index (χ4n) is 4.01. The molecule has 2 nitrogen and oxygen atoms in total. The maximum atomic E-state index is 12.5. The van der Waals surface area contributed by atoms with Crippen molar-refractivity contribution in [3.8, 4) is 0 Å².